The molecule has 1 unspecified atom stereocenters. The van der Waals surface area contributed by atoms with Crippen molar-refractivity contribution in [1.82, 2.24) is 0 Å². The lowest BCUT2D eigenvalue weighted by Crippen LogP contribution is -2.40. The van der Waals surface area contributed by atoms with Crippen molar-refractivity contribution in [1.29, 1.82) is 0 Å². The smallest absolute Gasteiger partial charge is 0.123 e. The van der Waals surface area contributed by atoms with Gasteiger partial charge < -0.3 is 9.84 Å². The Labute approximate surface area is 88.7 Å². The van der Waals surface area contributed by atoms with Crippen molar-refractivity contribution in [3.05, 3.63) is 35.6 Å². The average molecular weight is 210 g/mol. The summed E-state index contributed by atoms with van der Waals surface area (Å²) >= 11 is 0. The van der Waals surface area contributed by atoms with E-state index in [9.17, 15) is 9.50 Å². The second kappa shape index (κ2) is 4.29. The molecule has 1 aliphatic rings. The Morgan fingerprint density at radius 1 is 1.47 bits per heavy atom. The first-order valence-corrected chi connectivity index (χ1v) is 5.23. The summed E-state index contributed by atoms with van der Waals surface area (Å²) in [5.41, 5.74) is 0.00877. The topological polar surface area (TPSA) is 29.5 Å². The van der Waals surface area contributed by atoms with Gasteiger partial charge in [-0.2, -0.15) is 0 Å². The highest BCUT2D eigenvalue weighted by atomic mass is 19.1. The first kappa shape index (κ1) is 10.6. The van der Waals surface area contributed by atoms with Crippen LogP contribution in [0, 0.1) is 5.82 Å². The normalized spacial score (nSPS) is 26.5. The number of hydrogen-bond acceptors (Lipinski definition) is 2. The summed E-state index contributed by atoms with van der Waals surface area (Å²) < 4.78 is 18.2. The third-order valence-corrected chi connectivity index (χ3v) is 2.72. The molecule has 1 heterocycles. The van der Waals surface area contributed by atoms with Crippen LogP contribution in [0.1, 0.15) is 18.4 Å². The van der Waals surface area contributed by atoms with E-state index in [1.54, 1.807) is 6.07 Å². The quantitative estimate of drug-likeness (QED) is 0.808. The van der Waals surface area contributed by atoms with E-state index in [4.69, 9.17) is 4.74 Å². The average Bonchev–Trinajstić information content (AvgIpc) is 2.18. The number of hydrogen-bond donors (Lipinski definition) is 1. The summed E-state index contributed by atoms with van der Waals surface area (Å²) in [6.07, 6.45) is 2.06. The number of halogens is 1. The lowest BCUT2D eigenvalue weighted by Gasteiger charge is -2.32. The molecular formula is C12H15FO2. The van der Waals surface area contributed by atoms with Crippen LogP contribution in [0.15, 0.2) is 24.3 Å². The van der Waals surface area contributed by atoms with Gasteiger partial charge in [0.2, 0.25) is 0 Å². The Balaban J connectivity index is 2.06. The fraction of sp³-hybridized carbons (Fsp3) is 0.500. The van der Waals surface area contributed by atoms with Crippen LogP contribution in [-0.4, -0.2) is 23.9 Å². The molecule has 0 aromatic heterocycles. The van der Waals surface area contributed by atoms with E-state index >= 15 is 0 Å². The number of benzene rings is 1. The number of ether oxygens (including phenoxy) is 1. The fourth-order valence-electron chi connectivity index (χ4n) is 2.00. The molecule has 1 N–H and O–H groups in total. The maximum atomic E-state index is 12.9. The maximum absolute atomic E-state index is 12.9. The summed E-state index contributed by atoms with van der Waals surface area (Å²) in [5, 5.41) is 10.2. The zero-order chi connectivity index (χ0) is 10.7. The van der Waals surface area contributed by atoms with Crippen LogP contribution >= 0.6 is 0 Å². The summed E-state index contributed by atoms with van der Waals surface area (Å²) in [5.74, 6) is -0.257. The van der Waals surface area contributed by atoms with Gasteiger partial charge in [0.1, 0.15) is 5.82 Å². The van der Waals surface area contributed by atoms with Crippen molar-refractivity contribution < 1.29 is 14.2 Å². The molecule has 1 aliphatic heterocycles. The van der Waals surface area contributed by atoms with Crippen LogP contribution in [0.2, 0.25) is 0 Å². The summed E-state index contributed by atoms with van der Waals surface area (Å²) in [7, 11) is 0. The van der Waals surface area contributed by atoms with Gasteiger partial charge in [0.25, 0.3) is 0 Å². The first-order valence-electron chi connectivity index (χ1n) is 5.23. The molecule has 1 aromatic rings. The van der Waals surface area contributed by atoms with Gasteiger partial charge in [0.05, 0.1) is 12.2 Å². The van der Waals surface area contributed by atoms with Gasteiger partial charge in [-0.3, -0.25) is 0 Å². The predicted octanol–water partition coefficient (Wildman–Crippen LogP) is 1.91. The standard InChI is InChI=1S/C12H15FO2/c13-11-4-1-3-10(7-11)8-12(14)5-2-6-15-9-12/h1,3-4,7,14H,2,5-6,8-9H2. The van der Waals surface area contributed by atoms with Gasteiger partial charge in [-0.15, -0.1) is 0 Å². The van der Waals surface area contributed by atoms with Crippen LogP contribution in [0.4, 0.5) is 4.39 Å². The monoisotopic (exact) mass is 210 g/mol. The van der Waals surface area contributed by atoms with Crippen molar-refractivity contribution in [2.24, 2.45) is 0 Å². The maximum Gasteiger partial charge on any atom is 0.123 e. The largest absolute Gasteiger partial charge is 0.387 e. The van der Waals surface area contributed by atoms with E-state index in [0.29, 0.717) is 19.6 Å². The van der Waals surface area contributed by atoms with Crippen LogP contribution in [-0.2, 0) is 11.2 Å². The Kier molecular flexibility index (Phi) is 3.03. The molecular weight excluding hydrogens is 195 g/mol. The van der Waals surface area contributed by atoms with Gasteiger partial charge >= 0.3 is 0 Å². The van der Waals surface area contributed by atoms with E-state index in [1.165, 1.54) is 12.1 Å². The van der Waals surface area contributed by atoms with Gasteiger partial charge in [0, 0.05) is 13.0 Å². The Morgan fingerprint density at radius 2 is 2.33 bits per heavy atom. The molecule has 2 nitrogen and oxygen atoms in total. The second-order valence-corrected chi connectivity index (χ2v) is 4.19. The highest BCUT2D eigenvalue weighted by Crippen LogP contribution is 2.23. The third-order valence-electron chi connectivity index (χ3n) is 2.72. The molecule has 1 saturated heterocycles. The lowest BCUT2D eigenvalue weighted by atomic mass is 9.89. The molecule has 0 aliphatic carbocycles. The fourth-order valence-corrected chi connectivity index (χ4v) is 2.00. The van der Waals surface area contributed by atoms with Gasteiger partial charge in [-0.25, -0.2) is 4.39 Å². The van der Waals surface area contributed by atoms with Crippen LogP contribution < -0.4 is 0 Å². The molecule has 0 amide bonds. The molecule has 15 heavy (non-hydrogen) atoms. The number of rotatable bonds is 2. The van der Waals surface area contributed by atoms with E-state index in [-0.39, 0.29) is 5.82 Å². The molecule has 0 saturated carbocycles. The lowest BCUT2D eigenvalue weighted by molar-refractivity contribution is -0.0845. The minimum Gasteiger partial charge on any atom is -0.387 e. The summed E-state index contributed by atoms with van der Waals surface area (Å²) in [6, 6.07) is 6.37. The SMILES string of the molecule is OC1(Cc2cccc(F)c2)CCCOC1. The molecule has 82 valence electrons. The third kappa shape index (κ3) is 2.76. The highest BCUT2D eigenvalue weighted by molar-refractivity contribution is 5.18. The summed E-state index contributed by atoms with van der Waals surface area (Å²) in [4.78, 5) is 0. The van der Waals surface area contributed by atoms with Crippen molar-refractivity contribution >= 4 is 0 Å². The van der Waals surface area contributed by atoms with E-state index in [2.05, 4.69) is 0 Å². The Hall–Kier alpha value is -0.930. The molecule has 1 atom stereocenters. The zero-order valence-electron chi connectivity index (χ0n) is 8.58. The van der Waals surface area contributed by atoms with Crippen molar-refractivity contribution in [2.75, 3.05) is 13.2 Å². The number of aliphatic hydroxyl groups is 1. The summed E-state index contributed by atoms with van der Waals surface area (Å²) in [6.45, 7) is 1.06. The molecule has 3 heteroatoms. The minimum absolute atomic E-state index is 0.257. The van der Waals surface area contributed by atoms with Crippen molar-refractivity contribution in [3.63, 3.8) is 0 Å². The predicted molar refractivity (Wildman–Crippen MR) is 55.1 cm³/mol. The van der Waals surface area contributed by atoms with E-state index < -0.39 is 5.60 Å². The molecule has 0 radical (unpaired) electrons. The van der Waals surface area contributed by atoms with E-state index in [1.807, 2.05) is 6.07 Å². The molecule has 2 rings (SSSR count). The first-order chi connectivity index (χ1) is 7.18. The van der Waals surface area contributed by atoms with Crippen LogP contribution in [0.3, 0.4) is 0 Å². The van der Waals surface area contributed by atoms with Gasteiger partial charge in [-0.1, -0.05) is 12.1 Å². The molecule has 0 bridgehead atoms. The molecule has 0 spiro atoms. The van der Waals surface area contributed by atoms with Gasteiger partial charge in [0.15, 0.2) is 0 Å². The van der Waals surface area contributed by atoms with E-state index in [0.717, 1.165) is 18.4 Å². The minimum atomic E-state index is -0.813. The van der Waals surface area contributed by atoms with Crippen LogP contribution in [0.25, 0.3) is 0 Å². The Bertz CT molecular complexity index is 332. The van der Waals surface area contributed by atoms with Gasteiger partial charge in [-0.05, 0) is 30.5 Å². The Morgan fingerprint density at radius 3 is 3.00 bits per heavy atom. The highest BCUT2D eigenvalue weighted by Gasteiger charge is 2.30. The van der Waals surface area contributed by atoms with Crippen molar-refractivity contribution in [2.45, 2.75) is 24.9 Å². The van der Waals surface area contributed by atoms with Crippen molar-refractivity contribution in [3.8, 4) is 0 Å². The molecule has 1 aromatic carbocycles. The second-order valence-electron chi connectivity index (χ2n) is 4.19. The van der Waals surface area contributed by atoms with Crippen LogP contribution in [0.5, 0.6) is 0 Å². The molecule has 1 fully saturated rings. The zero-order valence-corrected chi connectivity index (χ0v) is 8.58.